The Balaban J connectivity index is 2.01. The van der Waals surface area contributed by atoms with Crippen molar-refractivity contribution in [2.75, 3.05) is 7.11 Å². The van der Waals surface area contributed by atoms with Gasteiger partial charge in [0.25, 0.3) is 0 Å². The largest absolute Gasteiger partial charge is 0.380 e. The van der Waals surface area contributed by atoms with Crippen molar-refractivity contribution < 1.29 is 4.74 Å². The lowest BCUT2D eigenvalue weighted by Crippen LogP contribution is -2.58. The van der Waals surface area contributed by atoms with Gasteiger partial charge in [0.1, 0.15) is 0 Å². The maximum atomic E-state index is 5.89. The Labute approximate surface area is 61.7 Å². The smallest absolute Gasteiger partial charge is 0.0756 e. The van der Waals surface area contributed by atoms with E-state index in [9.17, 15) is 0 Å². The molecule has 10 heavy (non-hydrogen) atoms. The Morgan fingerprint density at radius 3 is 2.70 bits per heavy atom. The van der Waals surface area contributed by atoms with Crippen LogP contribution in [0.4, 0.5) is 0 Å². The third kappa shape index (κ3) is 0.663. The molecule has 0 aromatic rings. The molecule has 2 aliphatic carbocycles. The first-order valence-corrected chi connectivity index (χ1v) is 4.13. The topological polar surface area (TPSA) is 35.2 Å². The summed E-state index contributed by atoms with van der Waals surface area (Å²) in [6.45, 7) is 0. The fourth-order valence-electron chi connectivity index (χ4n) is 2.62. The van der Waals surface area contributed by atoms with E-state index in [1.807, 2.05) is 0 Å². The van der Waals surface area contributed by atoms with E-state index in [4.69, 9.17) is 10.5 Å². The summed E-state index contributed by atoms with van der Waals surface area (Å²) in [5, 5.41) is 0. The van der Waals surface area contributed by atoms with Crippen molar-refractivity contribution in [2.45, 2.75) is 31.4 Å². The highest BCUT2D eigenvalue weighted by Crippen LogP contribution is 2.47. The summed E-state index contributed by atoms with van der Waals surface area (Å²) in [5.74, 6) is 1.60. The zero-order valence-electron chi connectivity index (χ0n) is 6.42. The van der Waals surface area contributed by atoms with Crippen molar-refractivity contribution in [1.29, 1.82) is 0 Å². The third-order valence-corrected chi connectivity index (χ3v) is 3.19. The van der Waals surface area contributed by atoms with E-state index < -0.39 is 0 Å². The van der Waals surface area contributed by atoms with Crippen LogP contribution in [0.1, 0.15) is 19.3 Å². The second-order valence-corrected chi connectivity index (χ2v) is 3.54. The number of ether oxygens (including phenoxy) is 1. The molecule has 0 radical (unpaired) electrons. The normalized spacial score (nSPS) is 52.2. The molecule has 0 heterocycles. The molecule has 0 saturated heterocycles. The van der Waals surface area contributed by atoms with E-state index in [1.54, 1.807) is 7.11 Å². The van der Waals surface area contributed by atoms with Crippen molar-refractivity contribution in [3.05, 3.63) is 0 Å². The van der Waals surface area contributed by atoms with E-state index in [-0.39, 0.29) is 0 Å². The molecule has 58 valence electrons. The van der Waals surface area contributed by atoms with Crippen LogP contribution in [-0.2, 0) is 4.74 Å². The van der Waals surface area contributed by atoms with Gasteiger partial charge in [-0.25, -0.2) is 0 Å². The second kappa shape index (κ2) is 2.21. The fourth-order valence-corrected chi connectivity index (χ4v) is 2.62. The average Bonchev–Trinajstić information content (AvgIpc) is 2.33. The van der Waals surface area contributed by atoms with Gasteiger partial charge in [-0.15, -0.1) is 0 Å². The number of hydrogen-bond donors (Lipinski definition) is 1. The van der Waals surface area contributed by atoms with E-state index in [0.717, 1.165) is 11.8 Å². The number of methoxy groups -OCH3 is 1. The number of hydrogen-bond acceptors (Lipinski definition) is 2. The molecule has 0 aromatic carbocycles. The summed E-state index contributed by atoms with van der Waals surface area (Å²) in [7, 11) is 1.78. The third-order valence-electron chi connectivity index (χ3n) is 3.19. The predicted octanol–water partition coefficient (Wildman–Crippen LogP) is 0.759. The van der Waals surface area contributed by atoms with Crippen LogP contribution in [0.5, 0.6) is 0 Å². The van der Waals surface area contributed by atoms with Gasteiger partial charge in [-0.05, 0) is 24.7 Å². The van der Waals surface area contributed by atoms with Gasteiger partial charge in [-0.2, -0.15) is 0 Å². The lowest BCUT2D eigenvalue weighted by atomic mass is 9.69. The number of fused-ring (bicyclic) bond motifs is 1. The minimum Gasteiger partial charge on any atom is -0.380 e. The first-order chi connectivity index (χ1) is 4.84. The molecule has 0 spiro atoms. The van der Waals surface area contributed by atoms with E-state index in [1.165, 1.54) is 19.3 Å². The molecular formula is C8H15NO. The lowest BCUT2D eigenvalue weighted by Gasteiger charge is -2.45. The first-order valence-electron chi connectivity index (χ1n) is 4.13. The molecule has 0 bridgehead atoms. The highest BCUT2D eigenvalue weighted by Gasteiger charge is 2.50. The van der Waals surface area contributed by atoms with Gasteiger partial charge in [0.15, 0.2) is 0 Å². The second-order valence-electron chi connectivity index (χ2n) is 3.54. The van der Waals surface area contributed by atoms with Crippen LogP contribution in [0, 0.1) is 11.8 Å². The predicted molar refractivity (Wildman–Crippen MR) is 39.6 cm³/mol. The SMILES string of the molecule is COC1C(N)C2CCCC21. The van der Waals surface area contributed by atoms with Crippen LogP contribution in [0.2, 0.25) is 0 Å². The van der Waals surface area contributed by atoms with Gasteiger partial charge in [-0.3, -0.25) is 0 Å². The molecule has 2 rings (SSSR count). The molecule has 0 aromatic heterocycles. The van der Waals surface area contributed by atoms with E-state index in [2.05, 4.69) is 0 Å². The zero-order valence-corrected chi connectivity index (χ0v) is 6.42. The molecule has 2 heteroatoms. The molecule has 0 amide bonds. The maximum Gasteiger partial charge on any atom is 0.0756 e. The minimum absolute atomic E-state index is 0.345. The molecule has 4 atom stereocenters. The Kier molecular flexibility index (Phi) is 1.46. The summed E-state index contributed by atoms with van der Waals surface area (Å²) in [5.41, 5.74) is 5.89. The Hall–Kier alpha value is -0.0800. The van der Waals surface area contributed by atoms with Gasteiger partial charge in [0, 0.05) is 13.2 Å². The summed E-state index contributed by atoms with van der Waals surface area (Å²) in [6, 6.07) is 0.345. The van der Waals surface area contributed by atoms with Crippen molar-refractivity contribution in [3.63, 3.8) is 0 Å². The highest BCUT2D eigenvalue weighted by atomic mass is 16.5. The first kappa shape index (κ1) is 6.62. The van der Waals surface area contributed by atoms with E-state index in [0.29, 0.717) is 12.1 Å². The number of nitrogens with two attached hydrogens (primary N) is 1. The Morgan fingerprint density at radius 2 is 2.00 bits per heavy atom. The summed E-state index contributed by atoms with van der Waals surface area (Å²) >= 11 is 0. The molecule has 2 aliphatic rings. The van der Waals surface area contributed by atoms with Gasteiger partial charge in [-0.1, -0.05) is 6.42 Å². The van der Waals surface area contributed by atoms with Crippen LogP contribution in [-0.4, -0.2) is 19.3 Å². The summed E-state index contributed by atoms with van der Waals surface area (Å²) in [6.07, 6.45) is 4.43. The molecule has 2 nitrogen and oxygen atoms in total. The quantitative estimate of drug-likeness (QED) is 0.585. The monoisotopic (exact) mass is 141 g/mol. The van der Waals surface area contributed by atoms with Crippen LogP contribution in [0.15, 0.2) is 0 Å². The fraction of sp³-hybridized carbons (Fsp3) is 1.00. The van der Waals surface area contributed by atoms with Crippen molar-refractivity contribution in [1.82, 2.24) is 0 Å². The summed E-state index contributed by atoms with van der Waals surface area (Å²) < 4.78 is 5.29. The van der Waals surface area contributed by atoms with Crippen LogP contribution >= 0.6 is 0 Å². The van der Waals surface area contributed by atoms with Crippen molar-refractivity contribution >= 4 is 0 Å². The number of rotatable bonds is 1. The van der Waals surface area contributed by atoms with Crippen LogP contribution < -0.4 is 5.73 Å². The minimum atomic E-state index is 0.345. The molecule has 4 unspecified atom stereocenters. The molecule has 0 aliphatic heterocycles. The molecule has 2 saturated carbocycles. The zero-order chi connectivity index (χ0) is 7.14. The maximum absolute atomic E-state index is 5.89. The Bertz CT molecular complexity index is 137. The average molecular weight is 141 g/mol. The van der Waals surface area contributed by atoms with Crippen molar-refractivity contribution in [3.8, 4) is 0 Å². The Morgan fingerprint density at radius 1 is 1.30 bits per heavy atom. The molecular weight excluding hydrogens is 126 g/mol. The van der Waals surface area contributed by atoms with Gasteiger partial charge < -0.3 is 10.5 Å². The van der Waals surface area contributed by atoms with E-state index >= 15 is 0 Å². The van der Waals surface area contributed by atoms with Gasteiger partial charge in [0.2, 0.25) is 0 Å². The van der Waals surface area contributed by atoms with Crippen molar-refractivity contribution in [2.24, 2.45) is 17.6 Å². The highest BCUT2D eigenvalue weighted by molar-refractivity contribution is 5.04. The van der Waals surface area contributed by atoms with Gasteiger partial charge in [0.05, 0.1) is 6.10 Å². The van der Waals surface area contributed by atoms with Crippen LogP contribution in [0.25, 0.3) is 0 Å². The van der Waals surface area contributed by atoms with Crippen LogP contribution in [0.3, 0.4) is 0 Å². The lowest BCUT2D eigenvalue weighted by molar-refractivity contribution is -0.0686. The standard InChI is InChI=1S/C8H15NO/c1-10-8-6-4-2-3-5(6)7(8)9/h5-8H,2-4,9H2,1H3. The summed E-state index contributed by atoms with van der Waals surface area (Å²) in [4.78, 5) is 0. The van der Waals surface area contributed by atoms with Gasteiger partial charge >= 0.3 is 0 Å². The molecule has 2 fully saturated rings. The molecule has 2 N–H and O–H groups in total.